The van der Waals surface area contributed by atoms with Crippen molar-refractivity contribution >= 4 is 31.5 Å². The topological polar surface area (TPSA) is 43.4 Å². The molecule has 0 amide bonds. The Morgan fingerprint density at radius 2 is 2.07 bits per heavy atom. The maximum atomic E-state index is 10.8. The van der Waals surface area contributed by atoms with E-state index in [0.29, 0.717) is 0 Å². The summed E-state index contributed by atoms with van der Waals surface area (Å²) in [5, 5.41) is 1.12. The lowest BCUT2D eigenvalue weighted by atomic mass is 10.2. The minimum absolute atomic E-state index is 0.123. The number of thiophene rings is 1. The Balaban J connectivity index is 2.23. The monoisotopic (exact) mass is 242 g/mol. The second-order valence-electron chi connectivity index (χ2n) is 3.22. The van der Waals surface area contributed by atoms with Crippen LogP contribution < -0.4 is 0 Å². The molecule has 0 aliphatic carbocycles. The van der Waals surface area contributed by atoms with E-state index in [1.165, 1.54) is 0 Å². The largest absolute Gasteiger partial charge is 0.265 e. The molecule has 0 aliphatic heterocycles. The van der Waals surface area contributed by atoms with E-state index in [0.717, 1.165) is 21.2 Å². The Morgan fingerprint density at radius 3 is 2.73 bits per heavy atom. The van der Waals surface area contributed by atoms with E-state index in [-0.39, 0.29) is 6.61 Å². The van der Waals surface area contributed by atoms with E-state index in [4.69, 9.17) is 4.18 Å². The molecule has 0 saturated carbocycles. The molecule has 15 heavy (non-hydrogen) atoms. The van der Waals surface area contributed by atoms with Crippen molar-refractivity contribution in [1.82, 2.24) is 0 Å². The molecule has 0 spiro atoms. The van der Waals surface area contributed by atoms with Gasteiger partial charge in [-0.15, -0.1) is 11.3 Å². The van der Waals surface area contributed by atoms with E-state index in [1.807, 2.05) is 30.3 Å². The van der Waals surface area contributed by atoms with Gasteiger partial charge in [-0.05, 0) is 17.5 Å². The van der Waals surface area contributed by atoms with Gasteiger partial charge in [0.15, 0.2) is 0 Å². The highest BCUT2D eigenvalue weighted by atomic mass is 32.2. The fraction of sp³-hybridized carbons (Fsp3) is 0.200. The summed E-state index contributed by atoms with van der Waals surface area (Å²) in [6.45, 7) is 0.123. The smallest absolute Gasteiger partial charge is 0.264 e. The van der Waals surface area contributed by atoms with Gasteiger partial charge in [-0.3, -0.25) is 4.18 Å². The first-order valence-corrected chi connectivity index (χ1v) is 7.00. The number of benzene rings is 1. The third-order valence-electron chi connectivity index (χ3n) is 1.89. The van der Waals surface area contributed by atoms with Gasteiger partial charge in [-0.25, -0.2) is 0 Å². The Morgan fingerprint density at radius 1 is 1.33 bits per heavy atom. The van der Waals surface area contributed by atoms with Crippen LogP contribution in [-0.4, -0.2) is 14.7 Å². The maximum Gasteiger partial charge on any atom is 0.264 e. The molecule has 0 bridgehead atoms. The molecule has 2 rings (SSSR count). The zero-order valence-corrected chi connectivity index (χ0v) is 9.77. The normalized spacial score (nSPS) is 12.1. The van der Waals surface area contributed by atoms with Crippen LogP contribution in [0.3, 0.4) is 0 Å². The summed E-state index contributed by atoms with van der Waals surface area (Å²) in [6, 6.07) is 9.86. The average Bonchev–Trinajstić information content (AvgIpc) is 2.56. The first-order chi connectivity index (χ1) is 7.04. The Bertz CT molecular complexity index is 536. The van der Waals surface area contributed by atoms with Gasteiger partial charge < -0.3 is 0 Å². The lowest BCUT2D eigenvalue weighted by Crippen LogP contribution is -2.01. The van der Waals surface area contributed by atoms with Crippen LogP contribution in [0.5, 0.6) is 0 Å². The van der Waals surface area contributed by atoms with Gasteiger partial charge in [-0.1, -0.05) is 18.2 Å². The van der Waals surface area contributed by atoms with Gasteiger partial charge >= 0.3 is 0 Å². The first-order valence-electron chi connectivity index (χ1n) is 4.36. The Hall–Kier alpha value is -0.910. The van der Waals surface area contributed by atoms with Crippen molar-refractivity contribution in [2.75, 3.05) is 6.26 Å². The molecule has 0 unspecified atom stereocenters. The summed E-state index contributed by atoms with van der Waals surface area (Å²) in [4.78, 5) is 0.918. The average molecular weight is 242 g/mol. The van der Waals surface area contributed by atoms with E-state index in [2.05, 4.69) is 0 Å². The standard InChI is InChI=1S/C10H10O3S2/c1-15(11,12)13-7-9-6-8-4-2-3-5-10(8)14-9/h2-6H,7H2,1H3. The number of hydrogen-bond donors (Lipinski definition) is 0. The fourth-order valence-electron chi connectivity index (χ4n) is 1.27. The van der Waals surface area contributed by atoms with Gasteiger partial charge in [0.1, 0.15) is 6.61 Å². The molecule has 5 heteroatoms. The van der Waals surface area contributed by atoms with Crippen LogP contribution in [0.15, 0.2) is 30.3 Å². The molecule has 1 aromatic heterocycles. The Kier molecular flexibility index (Phi) is 2.77. The van der Waals surface area contributed by atoms with Crippen molar-refractivity contribution in [3.63, 3.8) is 0 Å². The zero-order chi connectivity index (χ0) is 10.9. The van der Waals surface area contributed by atoms with Crippen molar-refractivity contribution in [2.45, 2.75) is 6.61 Å². The quantitative estimate of drug-likeness (QED) is 0.776. The summed E-state index contributed by atoms with van der Waals surface area (Å²) in [7, 11) is -3.35. The molecular weight excluding hydrogens is 232 g/mol. The van der Waals surface area contributed by atoms with Crippen molar-refractivity contribution in [2.24, 2.45) is 0 Å². The summed E-state index contributed by atoms with van der Waals surface area (Å²) in [6.07, 6.45) is 1.06. The SMILES string of the molecule is CS(=O)(=O)OCc1cc2ccccc2s1. The van der Waals surface area contributed by atoms with Crippen LogP contribution in [0, 0.1) is 0 Å². The van der Waals surface area contributed by atoms with Crippen LogP contribution in [0.25, 0.3) is 10.1 Å². The molecule has 0 N–H and O–H groups in total. The molecule has 0 atom stereocenters. The van der Waals surface area contributed by atoms with Crippen LogP contribution in [-0.2, 0) is 20.9 Å². The number of fused-ring (bicyclic) bond motifs is 1. The predicted molar refractivity (Wildman–Crippen MR) is 61.5 cm³/mol. The summed E-state index contributed by atoms with van der Waals surface area (Å²) >= 11 is 1.55. The van der Waals surface area contributed by atoms with E-state index in [1.54, 1.807) is 11.3 Å². The van der Waals surface area contributed by atoms with Crippen LogP contribution >= 0.6 is 11.3 Å². The van der Waals surface area contributed by atoms with Gasteiger partial charge in [0.05, 0.1) is 6.26 Å². The van der Waals surface area contributed by atoms with Gasteiger partial charge in [0.25, 0.3) is 10.1 Å². The predicted octanol–water partition coefficient (Wildman–Crippen LogP) is 2.38. The van der Waals surface area contributed by atoms with Crippen LogP contribution in [0.4, 0.5) is 0 Å². The summed E-state index contributed by atoms with van der Waals surface area (Å²) in [5.41, 5.74) is 0. The molecule has 0 radical (unpaired) electrons. The minimum atomic E-state index is -3.35. The van der Waals surface area contributed by atoms with Gasteiger partial charge in [0.2, 0.25) is 0 Å². The lowest BCUT2D eigenvalue weighted by Gasteiger charge is -1.96. The number of hydrogen-bond acceptors (Lipinski definition) is 4. The molecule has 0 aliphatic rings. The Labute approximate surface area is 92.4 Å². The lowest BCUT2D eigenvalue weighted by molar-refractivity contribution is 0.315. The first kappa shape index (κ1) is 10.6. The third-order valence-corrected chi connectivity index (χ3v) is 3.53. The summed E-state index contributed by atoms with van der Waals surface area (Å²) < 4.78 is 27.5. The molecule has 1 heterocycles. The van der Waals surface area contributed by atoms with Crippen molar-refractivity contribution in [3.05, 3.63) is 35.2 Å². The highest BCUT2D eigenvalue weighted by Crippen LogP contribution is 2.25. The van der Waals surface area contributed by atoms with Crippen LogP contribution in [0.2, 0.25) is 0 Å². The molecule has 0 saturated heterocycles. The number of rotatable bonds is 3. The molecule has 0 fully saturated rings. The van der Waals surface area contributed by atoms with E-state index in [9.17, 15) is 8.42 Å². The minimum Gasteiger partial charge on any atom is -0.265 e. The third kappa shape index (κ3) is 2.77. The van der Waals surface area contributed by atoms with E-state index >= 15 is 0 Å². The fourth-order valence-corrected chi connectivity index (χ4v) is 2.67. The molecule has 80 valence electrons. The highest BCUT2D eigenvalue weighted by Gasteiger charge is 2.05. The second kappa shape index (κ2) is 3.92. The van der Waals surface area contributed by atoms with Gasteiger partial charge in [0, 0.05) is 9.58 Å². The van der Waals surface area contributed by atoms with Crippen molar-refractivity contribution < 1.29 is 12.6 Å². The second-order valence-corrected chi connectivity index (χ2v) is 6.03. The zero-order valence-electron chi connectivity index (χ0n) is 8.14. The molecule has 2 aromatic rings. The molecule has 1 aromatic carbocycles. The van der Waals surface area contributed by atoms with Crippen molar-refractivity contribution in [3.8, 4) is 0 Å². The maximum absolute atomic E-state index is 10.8. The van der Waals surface area contributed by atoms with E-state index < -0.39 is 10.1 Å². The summed E-state index contributed by atoms with van der Waals surface area (Å²) in [5.74, 6) is 0. The molecular formula is C10H10O3S2. The highest BCUT2D eigenvalue weighted by molar-refractivity contribution is 7.85. The van der Waals surface area contributed by atoms with Gasteiger partial charge in [-0.2, -0.15) is 8.42 Å². The molecule has 3 nitrogen and oxygen atoms in total. The van der Waals surface area contributed by atoms with Crippen molar-refractivity contribution in [1.29, 1.82) is 0 Å². The van der Waals surface area contributed by atoms with Crippen LogP contribution in [0.1, 0.15) is 4.88 Å².